The SMILES string of the molecule is [C]=O.[C]=O.[C]=O.[Re]. The minimum atomic E-state index is 0. The van der Waals surface area contributed by atoms with E-state index in [9.17, 15) is 0 Å². The summed E-state index contributed by atoms with van der Waals surface area (Å²) in [6, 6.07) is 0. The van der Waals surface area contributed by atoms with Gasteiger partial charge in [0.25, 0.3) is 20.4 Å². The number of hydrogen-bond acceptors (Lipinski definition) is 3. The van der Waals surface area contributed by atoms with E-state index in [1.807, 2.05) is 0 Å². The van der Waals surface area contributed by atoms with Gasteiger partial charge >= 0.3 is 0 Å². The third-order valence-corrected chi connectivity index (χ3v) is 0. The summed E-state index contributed by atoms with van der Waals surface area (Å²) >= 11 is 0. The van der Waals surface area contributed by atoms with Crippen LogP contribution in [0.3, 0.4) is 0 Å². The van der Waals surface area contributed by atoms with Crippen molar-refractivity contribution in [2.75, 3.05) is 0 Å². The summed E-state index contributed by atoms with van der Waals surface area (Å²) < 4.78 is 0. The van der Waals surface area contributed by atoms with Crippen LogP contribution in [0.5, 0.6) is 0 Å². The molecule has 7 radical (unpaired) electrons. The largest absolute Gasteiger partial charge is 0.281 e. The van der Waals surface area contributed by atoms with E-state index in [1.54, 1.807) is 0 Å². The summed E-state index contributed by atoms with van der Waals surface area (Å²) in [6.45, 7) is 13.5. The molecule has 0 heterocycles. The molecule has 0 spiro atoms. The van der Waals surface area contributed by atoms with Gasteiger partial charge in [-0.25, -0.2) is 0 Å². The fourth-order valence-corrected chi connectivity index (χ4v) is 0. The van der Waals surface area contributed by atoms with Crippen molar-refractivity contribution in [2.24, 2.45) is 0 Å². The first kappa shape index (κ1) is 30.1. The van der Waals surface area contributed by atoms with E-state index >= 15 is 0 Å². The van der Waals surface area contributed by atoms with Gasteiger partial charge in [-0.2, -0.15) is 0 Å². The zero-order valence-electron chi connectivity index (χ0n) is 3.10. The Morgan fingerprint density at radius 3 is 0.571 bits per heavy atom. The maximum atomic E-state index is 7.50. The quantitative estimate of drug-likeness (QED) is 0.556. The summed E-state index contributed by atoms with van der Waals surface area (Å²) in [5.74, 6) is 0. The van der Waals surface area contributed by atoms with Gasteiger partial charge in [-0.15, -0.1) is 0 Å². The van der Waals surface area contributed by atoms with E-state index < -0.39 is 0 Å². The van der Waals surface area contributed by atoms with E-state index in [0.29, 0.717) is 0 Å². The second kappa shape index (κ2) is 1150. The zero-order chi connectivity index (χ0) is 6.00. The van der Waals surface area contributed by atoms with Crippen LogP contribution < -0.4 is 0 Å². The van der Waals surface area contributed by atoms with E-state index in [2.05, 4.69) is 20.4 Å². The molecule has 0 fully saturated rings. The summed E-state index contributed by atoms with van der Waals surface area (Å²) in [6.07, 6.45) is 0. The van der Waals surface area contributed by atoms with Gasteiger partial charge in [-0.3, -0.25) is 14.4 Å². The van der Waals surface area contributed by atoms with Crippen molar-refractivity contribution in [2.45, 2.75) is 0 Å². The van der Waals surface area contributed by atoms with Crippen LogP contribution in [0.1, 0.15) is 0 Å². The minimum absolute atomic E-state index is 0. The topological polar surface area (TPSA) is 51.2 Å². The van der Waals surface area contributed by atoms with E-state index in [4.69, 9.17) is 14.4 Å². The predicted octanol–water partition coefficient (Wildman–Crippen LogP) is -1.19. The molecule has 0 rings (SSSR count). The Hall–Kier alpha value is -0.328. The van der Waals surface area contributed by atoms with E-state index in [1.165, 1.54) is 0 Å². The average molecular weight is 270 g/mol. The Bertz CT molecular complexity index is 14.9. The Labute approximate surface area is 55.7 Å². The third-order valence-electron chi connectivity index (χ3n) is 0. The average Bonchev–Trinajstić information content (AvgIpc) is 1.81. The van der Waals surface area contributed by atoms with Crippen LogP contribution in [-0.2, 0) is 34.8 Å². The molecule has 0 aliphatic rings. The summed E-state index contributed by atoms with van der Waals surface area (Å²) in [7, 11) is 0. The molecule has 0 unspecified atom stereocenters. The molecular formula is C3O3Re. The van der Waals surface area contributed by atoms with Crippen LogP contribution in [0.2, 0.25) is 0 Å². The maximum Gasteiger partial charge on any atom is 0.281 e. The van der Waals surface area contributed by atoms with Crippen molar-refractivity contribution in [3.8, 4) is 0 Å². The number of rotatable bonds is 0. The van der Waals surface area contributed by atoms with Gasteiger partial charge in [-0.05, 0) is 0 Å². The molecule has 0 N–H and O–H groups in total. The van der Waals surface area contributed by atoms with Crippen LogP contribution in [0.25, 0.3) is 0 Å². The van der Waals surface area contributed by atoms with Gasteiger partial charge in [0.05, 0.1) is 0 Å². The van der Waals surface area contributed by atoms with Crippen LogP contribution in [0.4, 0.5) is 0 Å². The predicted molar refractivity (Wildman–Crippen MR) is 17.1 cm³/mol. The van der Waals surface area contributed by atoms with Crippen molar-refractivity contribution in [3.05, 3.63) is 0 Å². The summed E-state index contributed by atoms with van der Waals surface area (Å²) in [5, 5.41) is 0. The normalized spacial score (nSPS) is 1.71. The molecule has 0 aliphatic heterocycles. The molecule has 0 aromatic carbocycles. The van der Waals surface area contributed by atoms with Crippen molar-refractivity contribution in [3.63, 3.8) is 0 Å². The minimum Gasteiger partial charge on any atom is -0.281 e. The molecule has 0 aromatic heterocycles. The fraction of sp³-hybridized carbons (Fsp3) is 0. The van der Waals surface area contributed by atoms with Gasteiger partial charge in [0.15, 0.2) is 0 Å². The van der Waals surface area contributed by atoms with Crippen molar-refractivity contribution < 1.29 is 34.8 Å². The molecule has 3 nitrogen and oxygen atoms in total. The summed E-state index contributed by atoms with van der Waals surface area (Å²) in [5.41, 5.74) is 0. The van der Waals surface area contributed by atoms with Crippen LogP contribution >= 0.6 is 0 Å². The first-order chi connectivity index (χ1) is 3.00. The van der Waals surface area contributed by atoms with Crippen LogP contribution in [-0.4, -0.2) is 20.4 Å². The number of hydrogen-bond donors (Lipinski definition) is 0. The maximum absolute atomic E-state index is 7.50. The first-order valence-corrected chi connectivity index (χ1v) is 0.612. The van der Waals surface area contributed by atoms with E-state index in [0.717, 1.165) is 0 Å². The molecule has 0 bridgehead atoms. The zero-order valence-corrected chi connectivity index (χ0v) is 5.82. The molecule has 7 heavy (non-hydrogen) atoms. The first-order valence-electron chi connectivity index (χ1n) is 0.612. The molecule has 4 heteroatoms. The molecule has 37 valence electrons. The van der Waals surface area contributed by atoms with Gasteiger partial charge in [0.1, 0.15) is 0 Å². The van der Waals surface area contributed by atoms with Gasteiger partial charge in [0.2, 0.25) is 0 Å². The molecule has 0 aromatic rings. The van der Waals surface area contributed by atoms with Gasteiger partial charge in [-0.1, -0.05) is 0 Å². The third kappa shape index (κ3) is 713. The van der Waals surface area contributed by atoms with Crippen LogP contribution in [0, 0.1) is 0 Å². The number of carbonyl (C=O) groups excluding carboxylic acids is 3. The van der Waals surface area contributed by atoms with Gasteiger partial charge in [0, 0.05) is 20.4 Å². The fourth-order valence-electron chi connectivity index (χ4n) is 0. The van der Waals surface area contributed by atoms with Gasteiger partial charge < -0.3 is 0 Å². The molecule has 0 atom stereocenters. The van der Waals surface area contributed by atoms with Crippen molar-refractivity contribution >= 4 is 20.4 Å². The molecule has 0 amide bonds. The Morgan fingerprint density at radius 1 is 0.571 bits per heavy atom. The second-order valence-corrected chi connectivity index (χ2v) is 0. The van der Waals surface area contributed by atoms with Crippen molar-refractivity contribution in [1.29, 1.82) is 0 Å². The Morgan fingerprint density at radius 2 is 0.571 bits per heavy atom. The summed E-state index contributed by atoms with van der Waals surface area (Å²) in [4.78, 5) is 22.5. The van der Waals surface area contributed by atoms with E-state index in [-0.39, 0.29) is 20.4 Å². The second-order valence-electron chi connectivity index (χ2n) is 0. The Balaban J connectivity index is -0.00000000900. The monoisotopic (exact) mass is 271 g/mol. The smallest absolute Gasteiger partial charge is 0.281 e. The molecule has 0 saturated heterocycles. The molecule has 0 aliphatic carbocycles. The Kier molecular flexibility index (Phi) is 4950. The molecular weight excluding hydrogens is 270 g/mol. The van der Waals surface area contributed by atoms with Crippen LogP contribution in [0.15, 0.2) is 0 Å². The standard InChI is InChI=1S/3CO.Re/c3*1-2;. The molecule has 0 saturated carbocycles. The van der Waals surface area contributed by atoms with Crippen molar-refractivity contribution in [1.82, 2.24) is 0 Å².